The van der Waals surface area contributed by atoms with Crippen molar-refractivity contribution >= 4 is 29.3 Å². The number of thioether (sulfide) groups is 1. The lowest BCUT2D eigenvalue weighted by Crippen LogP contribution is -2.34. The Hall–Kier alpha value is -3.91. The van der Waals surface area contributed by atoms with Crippen LogP contribution in [0.1, 0.15) is 12.0 Å². The van der Waals surface area contributed by atoms with Gasteiger partial charge in [-0.1, -0.05) is 30.3 Å². The first-order valence-corrected chi connectivity index (χ1v) is 11.7. The summed E-state index contributed by atoms with van der Waals surface area (Å²) in [5, 5.41) is 9.96. The van der Waals surface area contributed by atoms with E-state index in [0.29, 0.717) is 5.69 Å². The number of para-hydroxylation sites is 2. The molecule has 8 heteroatoms. The Morgan fingerprint density at radius 2 is 1.76 bits per heavy atom. The highest BCUT2D eigenvalue weighted by Gasteiger charge is 2.28. The predicted molar refractivity (Wildman–Crippen MR) is 130 cm³/mol. The summed E-state index contributed by atoms with van der Waals surface area (Å²) in [5.74, 6) is -0.738. The Kier molecular flexibility index (Phi) is 6.14. The van der Waals surface area contributed by atoms with Crippen molar-refractivity contribution in [3.8, 4) is 16.9 Å². The SMILES string of the molecule is O=C(C[C@@H]1Sc2ccccc2NC1=O)NCc1cn(-c2ccccc2)nc1-c1ccc(F)cc1. The third-order valence-corrected chi connectivity index (χ3v) is 6.76. The molecule has 0 spiro atoms. The molecule has 1 atom stereocenters. The number of hydrogen-bond acceptors (Lipinski definition) is 4. The third-order valence-electron chi connectivity index (χ3n) is 5.48. The Labute approximate surface area is 200 Å². The number of amides is 2. The van der Waals surface area contributed by atoms with E-state index < -0.39 is 5.25 Å². The fourth-order valence-electron chi connectivity index (χ4n) is 3.76. The van der Waals surface area contributed by atoms with Gasteiger partial charge < -0.3 is 10.6 Å². The van der Waals surface area contributed by atoms with Gasteiger partial charge in [0.05, 0.1) is 22.3 Å². The molecule has 2 heterocycles. The van der Waals surface area contributed by atoms with E-state index in [1.165, 1.54) is 23.9 Å². The summed E-state index contributed by atoms with van der Waals surface area (Å²) in [6.07, 6.45) is 1.91. The van der Waals surface area contributed by atoms with Crippen LogP contribution in [-0.4, -0.2) is 26.8 Å². The molecule has 0 radical (unpaired) electrons. The number of hydrogen-bond donors (Lipinski definition) is 2. The number of fused-ring (bicyclic) bond motifs is 1. The molecular weight excluding hydrogens is 451 g/mol. The molecule has 0 aliphatic carbocycles. The predicted octanol–water partition coefficient (Wildman–Crippen LogP) is 4.80. The second kappa shape index (κ2) is 9.52. The van der Waals surface area contributed by atoms with E-state index in [2.05, 4.69) is 15.7 Å². The van der Waals surface area contributed by atoms with E-state index in [9.17, 15) is 14.0 Å². The van der Waals surface area contributed by atoms with E-state index in [1.807, 2.05) is 60.8 Å². The highest BCUT2D eigenvalue weighted by molar-refractivity contribution is 8.01. The summed E-state index contributed by atoms with van der Waals surface area (Å²) in [6.45, 7) is 0.230. The van der Waals surface area contributed by atoms with E-state index in [1.54, 1.807) is 16.8 Å². The van der Waals surface area contributed by atoms with Crippen molar-refractivity contribution < 1.29 is 14.0 Å². The van der Waals surface area contributed by atoms with Crippen LogP contribution in [0.4, 0.5) is 10.1 Å². The molecule has 1 aromatic heterocycles. The van der Waals surface area contributed by atoms with Crippen molar-refractivity contribution in [3.05, 3.63) is 96.4 Å². The lowest BCUT2D eigenvalue weighted by atomic mass is 10.1. The Balaban J connectivity index is 1.32. The van der Waals surface area contributed by atoms with Crippen LogP contribution in [0.5, 0.6) is 0 Å². The third kappa shape index (κ3) is 4.72. The minimum Gasteiger partial charge on any atom is -0.352 e. The number of anilines is 1. The minimum absolute atomic E-state index is 0.0591. The highest BCUT2D eigenvalue weighted by Crippen LogP contribution is 2.36. The number of nitrogens with zero attached hydrogens (tertiary/aromatic N) is 2. The molecule has 5 rings (SSSR count). The monoisotopic (exact) mass is 472 g/mol. The lowest BCUT2D eigenvalue weighted by molar-refractivity contribution is -0.124. The minimum atomic E-state index is -0.501. The number of halogens is 1. The maximum atomic E-state index is 13.5. The molecule has 1 aliphatic rings. The molecule has 2 N–H and O–H groups in total. The summed E-state index contributed by atoms with van der Waals surface area (Å²) in [7, 11) is 0. The van der Waals surface area contributed by atoms with Crippen molar-refractivity contribution in [1.82, 2.24) is 15.1 Å². The number of aromatic nitrogens is 2. The van der Waals surface area contributed by atoms with E-state index in [4.69, 9.17) is 0 Å². The highest BCUT2D eigenvalue weighted by atomic mass is 32.2. The number of benzene rings is 3. The first-order valence-electron chi connectivity index (χ1n) is 10.8. The van der Waals surface area contributed by atoms with E-state index in [-0.39, 0.29) is 30.6 Å². The Bertz CT molecular complexity index is 1340. The number of nitrogens with one attached hydrogen (secondary N) is 2. The van der Waals surface area contributed by atoms with Gasteiger partial charge in [0.15, 0.2) is 0 Å². The Morgan fingerprint density at radius 3 is 2.56 bits per heavy atom. The Morgan fingerprint density at radius 1 is 1.03 bits per heavy atom. The summed E-state index contributed by atoms with van der Waals surface area (Å²) >= 11 is 1.39. The summed E-state index contributed by atoms with van der Waals surface area (Å²) in [6, 6.07) is 23.3. The first-order chi connectivity index (χ1) is 16.6. The van der Waals surface area contributed by atoms with Crippen LogP contribution in [0, 0.1) is 5.82 Å². The van der Waals surface area contributed by atoms with Gasteiger partial charge in [0.25, 0.3) is 0 Å². The van der Waals surface area contributed by atoms with Crippen LogP contribution >= 0.6 is 11.8 Å². The average Bonchev–Trinajstić information content (AvgIpc) is 3.28. The van der Waals surface area contributed by atoms with Crippen LogP contribution in [-0.2, 0) is 16.1 Å². The molecule has 6 nitrogen and oxygen atoms in total. The molecule has 170 valence electrons. The molecule has 0 saturated carbocycles. The van der Waals surface area contributed by atoms with Crippen molar-refractivity contribution in [2.24, 2.45) is 0 Å². The van der Waals surface area contributed by atoms with Gasteiger partial charge in [-0.05, 0) is 48.5 Å². The molecule has 3 aromatic carbocycles. The van der Waals surface area contributed by atoms with Gasteiger partial charge in [-0.2, -0.15) is 5.10 Å². The van der Waals surface area contributed by atoms with Gasteiger partial charge in [0.2, 0.25) is 11.8 Å². The zero-order valence-corrected chi connectivity index (χ0v) is 18.9. The maximum absolute atomic E-state index is 13.5. The second-order valence-corrected chi connectivity index (χ2v) is 9.11. The largest absolute Gasteiger partial charge is 0.352 e. The molecule has 34 heavy (non-hydrogen) atoms. The van der Waals surface area contributed by atoms with Crippen LogP contribution in [0.25, 0.3) is 16.9 Å². The van der Waals surface area contributed by atoms with E-state index in [0.717, 1.165) is 27.4 Å². The van der Waals surface area contributed by atoms with E-state index >= 15 is 0 Å². The number of carbonyl (C=O) groups is 2. The molecule has 0 saturated heterocycles. The van der Waals surface area contributed by atoms with Crippen molar-refractivity contribution in [3.63, 3.8) is 0 Å². The van der Waals surface area contributed by atoms with Crippen LogP contribution in [0.3, 0.4) is 0 Å². The van der Waals surface area contributed by atoms with Gasteiger partial charge >= 0.3 is 0 Å². The number of rotatable bonds is 6. The van der Waals surface area contributed by atoms with Gasteiger partial charge in [0.1, 0.15) is 5.82 Å². The van der Waals surface area contributed by atoms with Crippen molar-refractivity contribution in [2.45, 2.75) is 23.1 Å². The first kappa shape index (κ1) is 21.9. The van der Waals surface area contributed by atoms with Gasteiger partial charge in [-0.15, -0.1) is 11.8 Å². The molecule has 0 unspecified atom stereocenters. The van der Waals surface area contributed by atoms with Gasteiger partial charge in [-0.3, -0.25) is 9.59 Å². The fraction of sp³-hybridized carbons (Fsp3) is 0.115. The zero-order valence-electron chi connectivity index (χ0n) is 18.1. The van der Waals surface area contributed by atoms with Gasteiger partial charge in [-0.25, -0.2) is 9.07 Å². The van der Waals surface area contributed by atoms with Crippen molar-refractivity contribution in [1.29, 1.82) is 0 Å². The van der Waals surface area contributed by atoms with Gasteiger partial charge in [0, 0.05) is 35.2 Å². The lowest BCUT2D eigenvalue weighted by Gasteiger charge is -2.23. The summed E-state index contributed by atoms with van der Waals surface area (Å²) < 4.78 is 15.2. The smallest absolute Gasteiger partial charge is 0.238 e. The topological polar surface area (TPSA) is 76.0 Å². The zero-order chi connectivity index (χ0) is 23.5. The van der Waals surface area contributed by atoms with Crippen LogP contribution < -0.4 is 10.6 Å². The van der Waals surface area contributed by atoms with Crippen molar-refractivity contribution in [2.75, 3.05) is 5.32 Å². The average molecular weight is 473 g/mol. The molecule has 2 amide bonds. The molecule has 4 aromatic rings. The standard InChI is InChI=1S/C26H21FN4O2S/c27-19-12-10-17(11-13-19)25-18(16-31(30-25)20-6-2-1-3-7-20)15-28-24(32)14-23-26(33)29-21-8-4-5-9-22(21)34-23/h1-13,16,23H,14-15H2,(H,28,32)(H,29,33)/t23-/m0/s1. The molecule has 0 fully saturated rings. The maximum Gasteiger partial charge on any atom is 0.238 e. The van der Waals surface area contributed by atoms with Crippen LogP contribution in [0.2, 0.25) is 0 Å². The quantitative estimate of drug-likeness (QED) is 0.423. The second-order valence-electron chi connectivity index (χ2n) is 7.86. The normalized spacial score (nSPS) is 14.9. The van der Waals surface area contributed by atoms with Crippen LogP contribution in [0.15, 0.2) is 90.0 Å². The number of carbonyl (C=O) groups excluding carboxylic acids is 2. The molecular formula is C26H21FN4O2S. The molecule has 1 aliphatic heterocycles. The summed E-state index contributed by atoms with van der Waals surface area (Å²) in [4.78, 5) is 26.1. The fourth-order valence-corrected chi connectivity index (χ4v) is 4.87. The molecule has 0 bridgehead atoms. The summed E-state index contributed by atoms with van der Waals surface area (Å²) in [5.41, 5.74) is 3.83.